The SMILES string of the molecule is CCN(CC)[SiH](NC)N(CC)CC. The second kappa shape index (κ2) is 7.50. The fraction of sp³-hybridized carbons (Fsp3) is 1.00. The van der Waals surface area contributed by atoms with Crippen molar-refractivity contribution in [1.82, 2.24) is 14.1 Å². The molecule has 0 amide bonds. The summed E-state index contributed by atoms with van der Waals surface area (Å²) >= 11 is 0. The van der Waals surface area contributed by atoms with Crippen LogP contribution < -0.4 is 4.98 Å². The summed E-state index contributed by atoms with van der Waals surface area (Å²) < 4.78 is 5.12. The molecule has 0 bridgehead atoms. The molecule has 0 radical (unpaired) electrons. The van der Waals surface area contributed by atoms with E-state index in [2.05, 4.69) is 48.9 Å². The van der Waals surface area contributed by atoms with Gasteiger partial charge in [0, 0.05) is 0 Å². The molecule has 0 saturated carbocycles. The lowest BCUT2D eigenvalue weighted by molar-refractivity contribution is 0.368. The van der Waals surface area contributed by atoms with Gasteiger partial charge in [0.2, 0.25) is 0 Å². The van der Waals surface area contributed by atoms with Gasteiger partial charge in [0.15, 0.2) is 0 Å². The second-order valence-corrected chi connectivity index (χ2v) is 5.89. The van der Waals surface area contributed by atoms with Crippen molar-refractivity contribution in [2.75, 3.05) is 33.2 Å². The Kier molecular flexibility index (Phi) is 7.55. The zero-order valence-electron chi connectivity index (χ0n) is 9.80. The Hall–Kier alpha value is 0.0969. The van der Waals surface area contributed by atoms with E-state index >= 15 is 0 Å². The van der Waals surface area contributed by atoms with E-state index in [0.717, 1.165) is 26.2 Å². The van der Waals surface area contributed by atoms with E-state index in [1.807, 2.05) is 0 Å². The van der Waals surface area contributed by atoms with E-state index in [1.165, 1.54) is 0 Å². The van der Waals surface area contributed by atoms with Gasteiger partial charge in [0.05, 0.1) is 0 Å². The van der Waals surface area contributed by atoms with Crippen LogP contribution in [0.4, 0.5) is 0 Å². The van der Waals surface area contributed by atoms with Crippen LogP contribution in [-0.4, -0.2) is 51.6 Å². The van der Waals surface area contributed by atoms with Crippen LogP contribution in [0.3, 0.4) is 0 Å². The van der Waals surface area contributed by atoms with Gasteiger partial charge in [-0.25, -0.2) is 0 Å². The Labute approximate surface area is 84.9 Å². The number of hydrogen-bond donors (Lipinski definition) is 1. The Morgan fingerprint density at radius 1 is 0.846 bits per heavy atom. The van der Waals surface area contributed by atoms with Crippen LogP contribution in [0.1, 0.15) is 27.7 Å². The summed E-state index contributed by atoms with van der Waals surface area (Å²) in [5.41, 5.74) is 0. The van der Waals surface area contributed by atoms with Crippen molar-refractivity contribution in [2.24, 2.45) is 0 Å². The van der Waals surface area contributed by atoms with E-state index in [9.17, 15) is 0 Å². The molecule has 0 fully saturated rings. The molecule has 1 N–H and O–H groups in total. The molecule has 80 valence electrons. The van der Waals surface area contributed by atoms with E-state index in [-0.39, 0.29) is 0 Å². The van der Waals surface area contributed by atoms with Gasteiger partial charge in [-0.1, -0.05) is 27.7 Å². The minimum absolute atomic E-state index is 1.03. The highest BCUT2D eigenvalue weighted by Gasteiger charge is 2.21. The zero-order valence-corrected chi connectivity index (χ0v) is 11.0. The quantitative estimate of drug-likeness (QED) is 0.612. The fourth-order valence-electron chi connectivity index (χ4n) is 1.74. The molecule has 3 nitrogen and oxygen atoms in total. The third-order valence-electron chi connectivity index (χ3n) is 2.57. The summed E-state index contributed by atoms with van der Waals surface area (Å²) in [4.78, 5) is 3.50. The molecule has 0 aliphatic rings. The molecule has 0 aliphatic carbocycles. The molecule has 0 aromatic rings. The van der Waals surface area contributed by atoms with E-state index < -0.39 is 9.28 Å². The molecular weight excluding hydrogens is 178 g/mol. The summed E-state index contributed by atoms with van der Waals surface area (Å²) in [5.74, 6) is 0. The Balaban J connectivity index is 4.26. The van der Waals surface area contributed by atoms with Crippen molar-refractivity contribution in [1.29, 1.82) is 0 Å². The molecular formula is C9H25N3Si. The molecule has 0 heterocycles. The highest BCUT2D eigenvalue weighted by molar-refractivity contribution is 6.49. The fourth-order valence-corrected chi connectivity index (χ4v) is 4.31. The van der Waals surface area contributed by atoms with E-state index in [4.69, 9.17) is 0 Å². The lowest BCUT2D eigenvalue weighted by Gasteiger charge is -2.35. The summed E-state index contributed by atoms with van der Waals surface area (Å²) in [7, 11) is 1.06. The molecule has 0 aromatic carbocycles. The molecule has 0 atom stereocenters. The van der Waals surface area contributed by atoms with Crippen LogP contribution >= 0.6 is 0 Å². The first kappa shape index (κ1) is 13.1. The van der Waals surface area contributed by atoms with Crippen molar-refractivity contribution in [3.63, 3.8) is 0 Å². The van der Waals surface area contributed by atoms with Gasteiger partial charge in [-0.15, -0.1) is 0 Å². The Morgan fingerprint density at radius 2 is 1.15 bits per heavy atom. The molecule has 0 spiro atoms. The van der Waals surface area contributed by atoms with Crippen molar-refractivity contribution < 1.29 is 0 Å². The van der Waals surface area contributed by atoms with Crippen LogP contribution in [0.5, 0.6) is 0 Å². The summed E-state index contributed by atoms with van der Waals surface area (Å²) in [5, 5.41) is 0. The highest BCUT2D eigenvalue weighted by atomic mass is 28.3. The summed E-state index contributed by atoms with van der Waals surface area (Å²) in [6.45, 7) is 13.6. The molecule has 0 unspecified atom stereocenters. The topological polar surface area (TPSA) is 18.5 Å². The summed E-state index contributed by atoms with van der Waals surface area (Å²) in [6.07, 6.45) is 0. The predicted molar refractivity (Wildman–Crippen MR) is 62.1 cm³/mol. The van der Waals surface area contributed by atoms with Gasteiger partial charge in [0.25, 0.3) is 9.28 Å². The van der Waals surface area contributed by atoms with Crippen molar-refractivity contribution in [3.8, 4) is 0 Å². The highest BCUT2D eigenvalue weighted by Crippen LogP contribution is 1.98. The van der Waals surface area contributed by atoms with Gasteiger partial charge < -0.3 is 14.1 Å². The lowest BCUT2D eigenvalue weighted by Crippen LogP contribution is -2.60. The zero-order chi connectivity index (χ0) is 10.3. The normalized spacial score (nSPS) is 12.0. The maximum atomic E-state index is 3.50. The standard InChI is InChI=1S/C9H25N3Si/c1-6-11(7-2)13(10-5)12(8-3)9-4/h10,13H,6-9H2,1-5H3. The minimum Gasteiger partial charge on any atom is -0.318 e. The average Bonchev–Trinajstić information content (AvgIpc) is 2.18. The predicted octanol–water partition coefficient (Wildman–Crippen LogP) is 0.607. The molecule has 13 heavy (non-hydrogen) atoms. The van der Waals surface area contributed by atoms with Crippen LogP contribution in [0, 0.1) is 0 Å². The van der Waals surface area contributed by atoms with Crippen LogP contribution in [-0.2, 0) is 0 Å². The van der Waals surface area contributed by atoms with E-state index in [0.29, 0.717) is 0 Å². The maximum absolute atomic E-state index is 3.50. The monoisotopic (exact) mass is 203 g/mol. The Bertz CT molecular complexity index is 101. The van der Waals surface area contributed by atoms with Gasteiger partial charge in [-0.3, -0.25) is 0 Å². The van der Waals surface area contributed by atoms with Crippen LogP contribution in [0.15, 0.2) is 0 Å². The van der Waals surface area contributed by atoms with E-state index in [1.54, 1.807) is 0 Å². The van der Waals surface area contributed by atoms with Crippen molar-refractivity contribution in [3.05, 3.63) is 0 Å². The van der Waals surface area contributed by atoms with Gasteiger partial charge in [-0.2, -0.15) is 0 Å². The first-order valence-corrected chi connectivity index (χ1v) is 7.01. The first-order chi connectivity index (χ1) is 6.24. The first-order valence-electron chi connectivity index (χ1n) is 5.40. The van der Waals surface area contributed by atoms with Gasteiger partial charge in [-0.05, 0) is 33.2 Å². The number of hydrogen-bond acceptors (Lipinski definition) is 3. The molecule has 4 heteroatoms. The smallest absolute Gasteiger partial charge is 0.269 e. The minimum atomic E-state index is -1.03. The summed E-state index contributed by atoms with van der Waals surface area (Å²) in [6, 6.07) is 0. The lowest BCUT2D eigenvalue weighted by atomic mass is 10.7. The molecule has 0 aliphatic heterocycles. The molecule has 0 aromatic heterocycles. The number of nitrogens with one attached hydrogen (secondary N) is 1. The third kappa shape index (κ3) is 3.77. The van der Waals surface area contributed by atoms with Crippen LogP contribution in [0.25, 0.3) is 0 Å². The Morgan fingerprint density at radius 3 is 1.31 bits per heavy atom. The number of rotatable bonds is 7. The van der Waals surface area contributed by atoms with Crippen molar-refractivity contribution >= 4 is 9.28 Å². The molecule has 0 rings (SSSR count). The van der Waals surface area contributed by atoms with Crippen molar-refractivity contribution in [2.45, 2.75) is 27.7 Å². The largest absolute Gasteiger partial charge is 0.318 e. The average molecular weight is 203 g/mol. The third-order valence-corrected chi connectivity index (χ3v) is 5.94. The molecule has 0 saturated heterocycles. The van der Waals surface area contributed by atoms with Gasteiger partial charge in [0.1, 0.15) is 0 Å². The number of nitrogens with zero attached hydrogens (tertiary/aromatic N) is 2. The van der Waals surface area contributed by atoms with Gasteiger partial charge >= 0.3 is 0 Å². The maximum Gasteiger partial charge on any atom is 0.269 e. The van der Waals surface area contributed by atoms with Crippen LogP contribution in [0.2, 0.25) is 0 Å². The second-order valence-electron chi connectivity index (χ2n) is 3.10.